The number of nitriles is 1. The Labute approximate surface area is 170 Å². The zero-order valence-corrected chi connectivity index (χ0v) is 16.6. The van der Waals surface area contributed by atoms with Crippen LogP contribution >= 0.6 is 0 Å². The van der Waals surface area contributed by atoms with Crippen LogP contribution in [-0.4, -0.2) is 17.9 Å². The van der Waals surface area contributed by atoms with E-state index in [9.17, 15) is 14.9 Å². The highest BCUT2D eigenvalue weighted by Crippen LogP contribution is 2.27. The van der Waals surface area contributed by atoms with E-state index < -0.39 is 12.1 Å². The molecule has 0 aromatic heterocycles. The molecule has 4 heteroatoms. The standard InChI is InChI=1S/C25H21NO3/c1-16-12-13-19(14-17(16)2)24(27)18(3)29-25(28)23-11-7-6-10-22(23)21-9-5-4-8-20(21)15-26/h4-14,18H,1-3H3/t18-/m1/s1. The number of hydrogen-bond acceptors (Lipinski definition) is 4. The maximum Gasteiger partial charge on any atom is 0.339 e. The predicted octanol–water partition coefficient (Wildman–Crippen LogP) is 5.27. The molecule has 0 bridgehead atoms. The fraction of sp³-hybridized carbons (Fsp3) is 0.160. The lowest BCUT2D eigenvalue weighted by atomic mass is 9.96. The van der Waals surface area contributed by atoms with Crippen molar-refractivity contribution in [2.24, 2.45) is 0 Å². The van der Waals surface area contributed by atoms with E-state index in [1.54, 1.807) is 61.5 Å². The second-order valence-corrected chi connectivity index (χ2v) is 6.91. The van der Waals surface area contributed by atoms with Crippen molar-refractivity contribution in [3.05, 3.63) is 94.5 Å². The molecular formula is C25H21NO3. The first kappa shape index (κ1) is 20.0. The number of carbonyl (C=O) groups excluding carboxylic acids is 2. The van der Waals surface area contributed by atoms with E-state index in [2.05, 4.69) is 6.07 Å². The average molecular weight is 383 g/mol. The summed E-state index contributed by atoms with van der Waals surface area (Å²) < 4.78 is 5.49. The molecular weight excluding hydrogens is 362 g/mol. The smallest absolute Gasteiger partial charge is 0.339 e. The average Bonchev–Trinajstić information content (AvgIpc) is 2.75. The Morgan fingerprint density at radius 3 is 2.24 bits per heavy atom. The third-order valence-corrected chi connectivity index (χ3v) is 4.93. The van der Waals surface area contributed by atoms with E-state index >= 15 is 0 Å². The summed E-state index contributed by atoms with van der Waals surface area (Å²) in [7, 11) is 0. The van der Waals surface area contributed by atoms with Crippen LogP contribution in [-0.2, 0) is 4.74 Å². The zero-order chi connectivity index (χ0) is 21.0. The summed E-state index contributed by atoms with van der Waals surface area (Å²) in [6.07, 6.45) is -0.927. The van der Waals surface area contributed by atoms with Gasteiger partial charge in [0.25, 0.3) is 0 Å². The van der Waals surface area contributed by atoms with Gasteiger partial charge < -0.3 is 4.74 Å². The fourth-order valence-corrected chi connectivity index (χ4v) is 3.12. The molecule has 3 aromatic rings. The van der Waals surface area contributed by atoms with Crippen LogP contribution in [0.3, 0.4) is 0 Å². The van der Waals surface area contributed by atoms with Gasteiger partial charge in [-0.05, 0) is 55.7 Å². The van der Waals surface area contributed by atoms with Crippen LogP contribution in [0.1, 0.15) is 44.3 Å². The minimum atomic E-state index is -0.927. The van der Waals surface area contributed by atoms with Crippen molar-refractivity contribution in [1.82, 2.24) is 0 Å². The summed E-state index contributed by atoms with van der Waals surface area (Å²) in [5.41, 5.74) is 4.64. The molecule has 0 aliphatic heterocycles. The predicted molar refractivity (Wildman–Crippen MR) is 112 cm³/mol. The number of ketones is 1. The maximum absolute atomic E-state index is 12.8. The topological polar surface area (TPSA) is 67.2 Å². The highest BCUT2D eigenvalue weighted by Gasteiger charge is 2.23. The molecule has 0 amide bonds. The Hall–Kier alpha value is -3.71. The molecule has 3 rings (SSSR count). The van der Waals surface area contributed by atoms with Gasteiger partial charge in [-0.2, -0.15) is 5.26 Å². The zero-order valence-electron chi connectivity index (χ0n) is 16.6. The van der Waals surface area contributed by atoms with Crippen molar-refractivity contribution in [1.29, 1.82) is 5.26 Å². The van der Waals surface area contributed by atoms with Crippen molar-refractivity contribution in [2.75, 3.05) is 0 Å². The number of esters is 1. The summed E-state index contributed by atoms with van der Waals surface area (Å²) in [5.74, 6) is -0.852. The first-order valence-electron chi connectivity index (χ1n) is 9.33. The first-order valence-corrected chi connectivity index (χ1v) is 9.33. The summed E-state index contributed by atoms with van der Waals surface area (Å²) in [5, 5.41) is 9.38. The molecule has 0 heterocycles. The molecule has 3 aromatic carbocycles. The van der Waals surface area contributed by atoms with E-state index in [0.29, 0.717) is 27.8 Å². The van der Waals surface area contributed by atoms with Gasteiger partial charge in [-0.3, -0.25) is 4.79 Å². The van der Waals surface area contributed by atoms with Gasteiger partial charge in [-0.1, -0.05) is 48.5 Å². The number of ether oxygens (including phenoxy) is 1. The minimum absolute atomic E-state index is 0.253. The van der Waals surface area contributed by atoms with Crippen LogP contribution in [0, 0.1) is 25.2 Å². The molecule has 0 aliphatic carbocycles. The van der Waals surface area contributed by atoms with Crippen LogP contribution in [0.4, 0.5) is 0 Å². The summed E-state index contributed by atoms with van der Waals surface area (Å²) in [4.78, 5) is 25.6. The van der Waals surface area contributed by atoms with Crippen molar-refractivity contribution in [2.45, 2.75) is 26.9 Å². The van der Waals surface area contributed by atoms with Crippen LogP contribution < -0.4 is 0 Å². The number of rotatable bonds is 5. The molecule has 0 N–H and O–H groups in total. The van der Waals surface area contributed by atoms with Crippen molar-refractivity contribution in [3.8, 4) is 17.2 Å². The summed E-state index contributed by atoms with van der Waals surface area (Å²) >= 11 is 0. The van der Waals surface area contributed by atoms with Gasteiger partial charge in [0, 0.05) is 11.1 Å². The quantitative estimate of drug-likeness (QED) is 0.445. The lowest BCUT2D eigenvalue weighted by Gasteiger charge is -2.15. The Morgan fingerprint density at radius 2 is 1.55 bits per heavy atom. The van der Waals surface area contributed by atoms with Crippen LogP contribution in [0.25, 0.3) is 11.1 Å². The third-order valence-electron chi connectivity index (χ3n) is 4.93. The minimum Gasteiger partial charge on any atom is -0.451 e. The number of hydrogen-bond donors (Lipinski definition) is 0. The van der Waals surface area contributed by atoms with Crippen LogP contribution in [0.5, 0.6) is 0 Å². The molecule has 0 saturated heterocycles. The van der Waals surface area contributed by atoms with E-state index in [-0.39, 0.29) is 5.78 Å². The van der Waals surface area contributed by atoms with Gasteiger partial charge in [0.2, 0.25) is 5.78 Å². The SMILES string of the molecule is Cc1ccc(C(=O)[C@@H](C)OC(=O)c2ccccc2-c2ccccc2C#N)cc1C. The molecule has 29 heavy (non-hydrogen) atoms. The Morgan fingerprint density at radius 1 is 0.897 bits per heavy atom. The maximum atomic E-state index is 12.8. The van der Waals surface area contributed by atoms with Gasteiger partial charge in [-0.15, -0.1) is 0 Å². The summed E-state index contributed by atoms with van der Waals surface area (Å²) in [6, 6.07) is 21.6. The molecule has 4 nitrogen and oxygen atoms in total. The number of benzene rings is 3. The highest BCUT2D eigenvalue weighted by molar-refractivity contribution is 6.03. The lowest BCUT2D eigenvalue weighted by Crippen LogP contribution is -2.25. The second kappa shape index (κ2) is 8.53. The molecule has 0 radical (unpaired) electrons. The number of Topliss-reactive ketones (excluding diaryl/α,β-unsaturated/α-hetero) is 1. The number of nitrogens with zero attached hydrogens (tertiary/aromatic N) is 1. The number of aryl methyl sites for hydroxylation is 2. The van der Waals surface area contributed by atoms with Gasteiger partial charge in [0.05, 0.1) is 17.2 Å². The van der Waals surface area contributed by atoms with Gasteiger partial charge in [0.15, 0.2) is 6.10 Å². The largest absolute Gasteiger partial charge is 0.451 e. The molecule has 0 saturated carbocycles. The van der Waals surface area contributed by atoms with Crippen molar-refractivity contribution in [3.63, 3.8) is 0 Å². The summed E-state index contributed by atoms with van der Waals surface area (Å²) in [6.45, 7) is 5.48. The van der Waals surface area contributed by atoms with Gasteiger partial charge in [0.1, 0.15) is 0 Å². The monoisotopic (exact) mass is 383 g/mol. The fourth-order valence-electron chi connectivity index (χ4n) is 3.12. The molecule has 0 spiro atoms. The van der Waals surface area contributed by atoms with Gasteiger partial charge in [-0.25, -0.2) is 4.79 Å². The molecule has 0 unspecified atom stereocenters. The lowest BCUT2D eigenvalue weighted by molar-refractivity contribution is 0.0319. The van der Waals surface area contributed by atoms with Crippen LogP contribution in [0.2, 0.25) is 0 Å². The van der Waals surface area contributed by atoms with E-state index in [1.165, 1.54) is 0 Å². The van der Waals surface area contributed by atoms with E-state index in [1.807, 2.05) is 26.0 Å². The van der Waals surface area contributed by atoms with E-state index in [0.717, 1.165) is 11.1 Å². The third kappa shape index (κ3) is 4.25. The normalized spacial score (nSPS) is 11.4. The molecule has 1 atom stereocenters. The molecule has 144 valence electrons. The Bertz CT molecular complexity index is 1120. The van der Waals surface area contributed by atoms with Gasteiger partial charge >= 0.3 is 5.97 Å². The molecule has 0 fully saturated rings. The van der Waals surface area contributed by atoms with E-state index in [4.69, 9.17) is 4.74 Å². The van der Waals surface area contributed by atoms with Crippen molar-refractivity contribution < 1.29 is 14.3 Å². The first-order chi connectivity index (χ1) is 13.9. The molecule has 0 aliphatic rings. The van der Waals surface area contributed by atoms with Crippen LogP contribution in [0.15, 0.2) is 66.7 Å². The second-order valence-electron chi connectivity index (χ2n) is 6.91. The highest BCUT2D eigenvalue weighted by atomic mass is 16.5. The Kier molecular flexibility index (Phi) is 5.90. The Balaban J connectivity index is 1.87. The number of carbonyl (C=O) groups is 2. The van der Waals surface area contributed by atoms with Crippen molar-refractivity contribution >= 4 is 11.8 Å².